The highest BCUT2D eigenvalue weighted by molar-refractivity contribution is 7.99. The molecule has 0 radical (unpaired) electrons. The minimum atomic E-state index is -0.594. The third-order valence-corrected chi connectivity index (χ3v) is 3.09. The molecule has 1 heterocycles. The number of nitrogens with zero attached hydrogens (tertiary/aromatic N) is 2. The Morgan fingerprint density at radius 1 is 1.22 bits per heavy atom. The van der Waals surface area contributed by atoms with Crippen LogP contribution in [0.4, 0.5) is 14.6 Å². The molecule has 0 aliphatic rings. The summed E-state index contributed by atoms with van der Waals surface area (Å²) in [5.41, 5.74) is 0. The molecule has 0 aliphatic carbocycles. The maximum atomic E-state index is 13.5. The first-order valence-corrected chi connectivity index (χ1v) is 6.19. The van der Waals surface area contributed by atoms with E-state index >= 15 is 0 Å². The van der Waals surface area contributed by atoms with Crippen molar-refractivity contribution in [1.29, 1.82) is 0 Å². The first-order valence-electron chi connectivity index (χ1n) is 5.38. The standard InChI is InChI=1S/C12H11F2N3S/c1-2-15-11-6-12(17-7-16-11)18-10-4-3-8(13)5-9(10)14/h3-7H,2H2,1H3,(H,15,16,17). The summed E-state index contributed by atoms with van der Waals surface area (Å²) in [6.45, 7) is 2.70. The van der Waals surface area contributed by atoms with Crippen molar-refractivity contribution < 1.29 is 8.78 Å². The maximum Gasteiger partial charge on any atom is 0.140 e. The van der Waals surface area contributed by atoms with Crippen LogP contribution in [0.1, 0.15) is 6.92 Å². The number of hydrogen-bond acceptors (Lipinski definition) is 4. The van der Waals surface area contributed by atoms with Gasteiger partial charge in [-0.1, -0.05) is 11.8 Å². The molecule has 6 heteroatoms. The van der Waals surface area contributed by atoms with E-state index in [-0.39, 0.29) is 0 Å². The fourth-order valence-corrected chi connectivity index (χ4v) is 2.13. The summed E-state index contributed by atoms with van der Waals surface area (Å²) >= 11 is 1.13. The summed E-state index contributed by atoms with van der Waals surface area (Å²) in [5.74, 6) is -0.506. The van der Waals surface area contributed by atoms with Gasteiger partial charge in [0.2, 0.25) is 0 Å². The normalized spacial score (nSPS) is 10.4. The predicted molar refractivity (Wildman–Crippen MR) is 66.7 cm³/mol. The molecule has 0 fully saturated rings. The van der Waals surface area contributed by atoms with Gasteiger partial charge >= 0.3 is 0 Å². The van der Waals surface area contributed by atoms with Crippen LogP contribution in [0.15, 0.2) is 40.5 Å². The summed E-state index contributed by atoms with van der Waals surface area (Å²) < 4.78 is 26.2. The third-order valence-electron chi connectivity index (χ3n) is 2.11. The van der Waals surface area contributed by atoms with Gasteiger partial charge in [-0.2, -0.15) is 0 Å². The van der Waals surface area contributed by atoms with E-state index in [1.807, 2.05) is 6.92 Å². The van der Waals surface area contributed by atoms with Crippen LogP contribution in [0.5, 0.6) is 0 Å². The molecule has 0 aliphatic heterocycles. The van der Waals surface area contributed by atoms with Gasteiger partial charge < -0.3 is 5.32 Å². The van der Waals surface area contributed by atoms with Crippen molar-refractivity contribution in [2.24, 2.45) is 0 Å². The number of nitrogens with one attached hydrogen (secondary N) is 1. The van der Waals surface area contributed by atoms with E-state index in [2.05, 4.69) is 15.3 Å². The average Bonchev–Trinajstić information content (AvgIpc) is 2.34. The van der Waals surface area contributed by atoms with Crippen molar-refractivity contribution in [2.45, 2.75) is 16.8 Å². The van der Waals surface area contributed by atoms with Gasteiger partial charge in [0.25, 0.3) is 0 Å². The Labute approximate surface area is 108 Å². The van der Waals surface area contributed by atoms with Gasteiger partial charge in [-0.3, -0.25) is 0 Å². The molecule has 1 N–H and O–H groups in total. The van der Waals surface area contributed by atoms with E-state index in [0.717, 1.165) is 24.4 Å². The van der Waals surface area contributed by atoms with Gasteiger partial charge in [-0.15, -0.1) is 0 Å². The minimum Gasteiger partial charge on any atom is -0.370 e. The van der Waals surface area contributed by atoms with Crippen LogP contribution in [0.25, 0.3) is 0 Å². The molecule has 0 bridgehead atoms. The molecule has 3 nitrogen and oxygen atoms in total. The minimum absolute atomic E-state index is 0.331. The Morgan fingerprint density at radius 2 is 2.06 bits per heavy atom. The SMILES string of the molecule is CCNc1cc(Sc2ccc(F)cc2F)ncn1. The molecule has 0 amide bonds. The highest BCUT2D eigenvalue weighted by Crippen LogP contribution is 2.29. The molecule has 0 atom stereocenters. The summed E-state index contributed by atoms with van der Waals surface area (Å²) in [7, 11) is 0. The molecule has 1 aromatic heterocycles. The summed E-state index contributed by atoms with van der Waals surface area (Å²) in [5, 5.41) is 3.64. The number of hydrogen-bond donors (Lipinski definition) is 1. The van der Waals surface area contributed by atoms with Crippen molar-refractivity contribution in [1.82, 2.24) is 9.97 Å². The van der Waals surface area contributed by atoms with Gasteiger partial charge in [0.1, 0.15) is 28.8 Å². The van der Waals surface area contributed by atoms with Crippen molar-refractivity contribution >= 4 is 17.6 Å². The predicted octanol–water partition coefficient (Wildman–Crippen LogP) is 3.34. The Kier molecular flexibility index (Phi) is 4.09. The van der Waals surface area contributed by atoms with Gasteiger partial charge in [0.05, 0.1) is 0 Å². The first kappa shape index (κ1) is 12.8. The molecule has 1 aromatic carbocycles. The van der Waals surface area contributed by atoms with Crippen LogP contribution >= 0.6 is 11.8 Å². The number of halogens is 2. The Bertz CT molecular complexity index is 549. The monoisotopic (exact) mass is 267 g/mol. The highest BCUT2D eigenvalue weighted by Gasteiger charge is 2.07. The second-order valence-corrected chi connectivity index (χ2v) is 4.51. The number of anilines is 1. The second-order valence-electron chi connectivity index (χ2n) is 3.45. The lowest BCUT2D eigenvalue weighted by Crippen LogP contribution is -1.99. The van der Waals surface area contributed by atoms with Gasteiger partial charge in [-0.25, -0.2) is 18.7 Å². The quantitative estimate of drug-likeness (QED) is 0.862. The molecular weight excluding hydrogens is 256 g/mol. The molecule has 94 valence electrons. The van der Waals surface area contributed by atoms with Crippen molar-refractivity contribution in [3.05, 3.63) is 42.2 Å². The molecule has 2 rings (SSSR count). The van der Waals surface area contributed by atoms with E-state index in [1.165, 1.54) is 18.5 Å². The van der Waals surface area contributed by atoms with E-state index in [9.17, 15) is 8.78 Å². The molecule has 0 saturated heterocycles. The third kappa shape index (κ3) is 3.16. The van der Waals surface area contributed by atoms with E-state index in [0.29, 0.717) is 15.7 Å². The van der Waals surface area contributed by atoms with Crippen molar-refractivity contribution in [3.63, 3.8) is 0 Å². The van der Waals surface area contributed by atoms with Crippen LogP contribution in [0.2, 0.25) is 0 Å². The fourth-order valence-electron chi connectivity index (χ4n) is 1.34. The lowest BCUT2D eigenvalue weighted by molar-refractivity contribution is 0.565. The molecule has 2 aromatic rings. The largest absolute Gasteiger partial charge is 0.370 e. The molecule has 0 unspecified atom stereocenters. The molecule has 18 heavy (non-hydrogen) atoms. The maximum absolute atomic E-state index is 13.5. The molecule has 0 saturated carbocycles. The lowest BCUT2D eigenvalue weighted by Gasteiger charge is -2.05. The van der Waals surface area contributed by atoms with Crippen LogP contribution < -0.4 is 5.32 Å². The van der Waals surface area contributed by atoms with E-state index < -0.39 is 11.6 Å². The van der Waals surface area contributed by atoms with Crippen LogP contribution in [0.3, 0.4) is 0 Å². The van der Waals surface area contributed by atoms with Gasteiger partial charge in [-0.05, 0) is 19.1 Å². The van der Waals surface area contributed by atoms with Crippen LogP contribution in [-0.2, 0) is 0 Å². The first-order chi connectivity index (χ1) is 8.69. The average molecular weight is 267 g/mol. The summed E-state index contributed by atoms with van der Waals surface area (Å²) in [6.07, 6.45) is 1.40. The smallest absolute Gasteiger partial charge is 0.140 e. The topological polar surface area (TPSA) is 37.8 Å². The fraction of sp³-hybridized carbons (Fsp3) is 0.167. The lowest BCUT2D eigenvalue weighted by atomic mass is 10.3. The van der Waals surface area contributed by atoms with Crippen molar-refractivity contribution in [2.75, 3.05) is 11.9 Å². The van der Waals surface area contributed by atoms with Gasteiger partial charge in [0.15, 0.2) is 0 Å². The zero-order valence-electron chi connectivity index (χ0n) is 9.65. The Hall–Kier alpha value is -1.69. The number of benzene rings is 1. The summed E-state index contributed by atoms with van der Waals surface area (Å²) in [4.78, 5) is 8.38. The van der Waals surface area contributed by atoms with Crippen LogP contribution in [-0.4, -0.2) is 16.5 Å². The van der Waals surface area contributed by atoms with E-state index in [1.54, 1.807) is 6.07 Å². The van der Waals surface area contributed by atoms with Crippen LogP contribution in [0, 0.1) is 11.6 Å². The Morgan fingerprint density at radius 3 is 2.78 bits per heavy atom. The van der Waals surface area contributed by atoms with Gasteiger partial charge in [0, 0.05) is 23.6 Å². The zero-order chi connectivity index (χ0) is 13.0. The number of rotatable bonds is 4. The molecular formula is C12H11F2N3S. The van der Waals surface area contributed by atoms with Crippen molar-refractivity contribution in [3.8, 4) is 0 Å². The highest BCUT2D eigenvalue weighted by atomic mass is 32.2. The zero-order valence-corrected chi connectivity index (χ0v) is 10.5. The molecule has 0 spiro atoms. The Balaban J connectivity index is 2.20. The summed E-state index contributed by atoms with van der Waals surface area (Å²) in [6, 6.07) is 5.19. The van der Waals surface area contributed by atoms with E-state index in [4.69, 9.17) is 0 Å². The second kappa shape index (κ2) is 5.77. The number of aromatic nitrogens is 2.